The molecule has 0 fully saturated rings. The molecule has 5 nitrogen and oxygen atoms in total. The first-order valence-corrected chi connectivity index (χ1v) is 8.70. The van der Waals surface area contributed by atoms with E-state index in [1.54, 1.807) is 49.4 Å². The third-order valence-electron chi connectivity index (χ3n) is 3.28. The van der Waals surface area contributed by atoms with E-state index in [0.717, 1.165) is 5.56 Å². The molecule has 0 aromatic heterocycles. The maximum absolute atomic E-state index is 12.0. The van der Waals surface area contributed by atoms with Crippen molar-refractivity contribution in [1.82, 2.24) is 5.32 Å². The fourth-order valence-corrected chi connectivity index (χ4v) is 2.30. The number of hydrogen-bond donors (Lipinski definition) is 3. The van der Waals surface area contributed by atoms with Crippen LogP contribution in [0.1, 0.15) is 18.9 Å². The molecule has 0 spiro atoms. The maximum atomic E-state index is 12.0. The van der Waals surface area contributed by atoms with Crippen LogP contribution in [0, 0.1) is 0 Å². The minimum absolute atomic E-state index is 0.154. The molecule has 0 aliphatic carbocycles. The Hall–Kier alpha value is -2.70. The summed E-state index contributed by atoms with van der Waals surface area (Å²) in [7, 11) is 0. The fourth-order valence-electron chi connectivity index (χ4n) is 1.94. The molecule has 26 heavy (non-hydrogen) atoms. The molecule has 0 aliphatic rings. The number of carbonyl (C=O) groups excluding carboxylic acids is 2. The number of amides is 2. The van der Waals surface area contributed by atoms with E-state index >= 15 is 0 Å². The number of thiocarbonyl (C=S) groups is 1. The molecular weight excluding hydrogens is 370 g/mol. The first kappa shape index (κ1) is 19.6. The molecule has 7 heteroatoms. The van der Waals surface area contributed by atoms with Gasteiger partial charge in [0.15, 0.2) is 5.11 Å². The Labute approximate surface area is 162 Å². The molecular formula is C19H18ClN3O2S. The van der Waals surface area contributed by atoms with E-state index < -0.39 is 0 Å². The molecule has 134 valence electrons. The highest BCUT2D eigenvalue weighted by molar-refractivity contribution is 7.80. The highest BCUT2D eigenvalue weighted by Gasteiger charge is 2.03. The molecule has 0 bridgehead atoms. The number of rotatable bonds is 5. The third kappa shape index (κ3) is 6.66. The SMILES string of the molecule is CCC(=O)NC(=S)Nc1ccc(NC(=O)C=Cc2ccc(Cl)cc2)cc1. The first-order valence-electron chi connectivity index (χ1n) is 7.92. The van der Waals surface area contributed by atoms with Gasteiger partial charge < -0.3 is 16.0 Å². The summed E-state index contributed by atoms with van der Waals surface area (Å²) >= 11 is 10.9. The Morgan fingerprint density at radius 2 is 1.58 bits per heavy atom. The molecule has 2 amide bonds. The van der Waals surface area contributed by atoms with Crippen LogP contribution in [0.25, 0.3) is 6.08 Å². The second kappa shape index (κ2) is 9.70. The topological polar surface area (TPSA) is 70.2 Å². The summed E-state index contributed by atoms with van der Waals surface area (Å²) < 4.78 is 0. The van der Waals surface area contributed by atoms with Crippen LogP contribution in [0.15, 0.2) is 54.6 Å². The Bertz CT molecular complexity index is 818. The summed E-state index contributed by atoms with van der Waals surface area (Å²) in [5.41, 5.74) is 2.23. The van der Waals surface area contributed by atoms with Gasteiger partial charge in [0.25, 0.3) is 0 Å². The van der Waals surface area contributed by atoms with E-state index in [4.69, 9.17) is 23.8 Å². The molecule has 0 atom stereocenters. The maximum Gasteiger partial charge on any atom is 0.248 e. The lowest BCUT2D eigenvalue weighted by Gasteiger charge is -2.09. The minimum Gasteiger partial charge on any atom is -0.332 e. The molecule has 0 heterocycles. The molecule has 0 unspecified atom stereocenters. The average Bonchev–Trinajstić information content (AvgIpc) is 2.62. The zero-order valence-electron chi connectivity index (χ0n) is 14.1. The van der Waals surface area contributed by atoms with Gasteiger partial charge in [-0.05, 0) is 60.3 Å². The van der Waals surface area contributed by atoms with Crippen LogP contribution in [-0.4, -0.2) is 16.9 Å². The molecule has 0 aliphatic heterocycles. The van der Waals surface area contributed by atoms with Crippen LogP contribution < -0.4 is 16.0 Å². The van der Waals surface area contributed by atoms with Crippen LogP contribution in [0.4, 0.5) is 11.4 Å². The van der Waals surface area contributed by atoms with Gasteiger partial charge in [0, 0.05) is 28.9 Å². The Balaban J connectivity index is 1.88. The van der Waals surface area contributed by atoms with E-state index in [-0.39, 0.29) is 16.9 Å². The van der Waals surface area contributed by atoms with Gasteiger partial charge in [-0.3, -0.25) is 9.59 Å². The quantitative estimate of drug-likeness (QED) is 0.530. The highest BCUT2D eigenvalue weighted by Crippen LogP contribution is 2.14. The van der Waals surface area contributed by atoms with Gasteiger partial charge in [-0.25, -0.2) is 0 Å². The van der Waals surface area contributed by atoms with Gasteiger partial charge in [-0.2, -0.15) is 0 Å². The number of nitrogens with one attached hydrogen (secondary N) is 3. The van der Waals surface area contributed by atoms with Crippen molar-refractivity contribution in [3.8, 4) is 0 Å². The van der Waals surface area contributed by atoms with E-state index in [1.807, 2.05) is 12.1 Å². The lowest BCUT2D eigenvalue weighted by atomic mass is 10.2. The van der Waals surface area contributed by atoms with Gasteiger partial charge in [0.05, 0.1) is 0 Å². The van der Waals surface area contributed by atoms with Crippen LogP contribution >= 0.6 is 23.8 Å². The fraction of sp³-hybridized carbons (Fsp3) is 0.105. The largest absolute Gasteiger partial charge is 0.332 e. The zero-order valence-corrected chi connectivity index (χ0v) is 15.7. The zero-order chi connectivity index (χ0) is 18.9. The van der Waals surface area contributed by atoms with E-state index in [9.17, 15) is 9.59 Å². The second-order valence-electron chi connectivity index (χ2n) is 5.31. The van der Waals surface area contributed by atoms with Crippen molar-refractivity contribution in [2.24, 2.45) is 0 Å². The average molecular weight is 388 g/mol. The predicted molar refractivity (Wildman–Crippen MR) is 110 cm³/mol. The summed E-state index contributed by atoms with van der Waals surface area (Å²) in [6.07, 6.45) is 3.51. The third-order valence-corrected chi connectivity index (χ3v) is 3.74. The highest BCUT2D eigenvalue weighted by atomic mass is 35.5. The standard InChI is InChI=1S/C19H18ClN3O2S/c1-2-17(24)23-19(26)22-16-10-8-15(9-11-16)21-18(25)12-5-13-3-6-14(20)7-4-13/h3-12H,2H2,1H3,(H,21,25)(H2,22,23,24,26). The summed E-state index contributed by atoms with van der Waals surface area (Å²) in [6, 6.07) is 14.2. The number of carbonyl (C=O) groups is 2. The van der Waals surface area contributed by atoms with Crippen LogP contribution in [0.3, 0.4) is 0 Å². The monoisotopic (exact) mass is 387 g/mol. The van der Waals surface area contributed by atoms with Gasteiger partial charge in [0.1, 0.15) is 0 Å². The lowest BCUT2D eigenvalue weighted by molar-refractivity contribution is -0.119. The predicted octanol–water partition coefficient (Wildman–Crippen LogP) is 4.21. The first-order chi connectivity index (χ1) is 12.5. The summed E-state index contributed by atoms with van der Waals surface area (Å²) in [4.78, 5) is 23.2. The summed E-state index contributed by atoms with van der Waals surface area (Å²) in [5, 5.41) is 9.10. The van der Waals surface area contributed by atoms with E-state index in [0.29, 0.717) is 22.8 Å². The normalized spacial score (nSPS) is 10.4. The number of hydrogen-bond acceptors (Lipinski definition) is 3. The van der Waals surface area contributed by atoms with E-state index in [1.165, 1.54) is 6.08 Å². The van der Waals surface area contributed by atoms with Crippen molar-refractivity contribution in [1.29, 1.82) is 0 Å². The number of halogens is 1. The number of anilines is 2. The molecule has 0 radical (unpaired) electrons. The van der Waals surface area contributed by atoms with Crippen molar-refractivity contribution < 1.29 is 9.59 Å². The molecule has 0 saturated heterocycles. The second-order valence-corrected chi connectivity index (χ2v) is 6.15. The smallest absolute Gasteiger partial charge is 0.248 e. The molecule has 2 aromatic rings. The van der Waals surface area contributed by atoms with E-state index in [2.05, 4.69) is 16.0 Å². The van der Waals surface area contributed by atoms with Crippen molar-refractivity contribution in [3.05, 3.63) is 65.2 Å². The minimum atomic E-state index is -0.244. The summed E-state index contributed by atoms with van der Waals surface area (Å²) in [6.45, 7) is 1.75. The Morgan fingerprint density at radius 3 is 2.15 bits per heavy atom. The Morgan fingerprint density at radius 1 is 1.00 bits per heavy atom. The van der Waals surface area contributed by atoms with Crippen LogP contribution in [-0.2, 0) is 9.59 Å². The van der Waals surface area contributed by atoms with Gasteiger partial charge in [-0.1, -0.05) is 30.7 Å². The molecule has 2 rings (SSSR count). The molecule has 3 N–H and O–H groups in total. The Kier molecular flexibility index (Phi) is 7.32. The molecule has 0 saturated carbocycles. The van der Waals surface area contributed by atoms with Gasteiger partial charge >= 0.3 is 0 Å². The number of benzene rings is 2. The van der Waals surface area contributed by atoms with Gasteiger partial charge in [-0.15, -0.1) is 0 Å². The lowest BCUT2D eigenvalue weighted by Crippen LogP contribution is -2.33. The van der Waals surface area contributed by atoms with Crippen molar-refractivity contribution in [2.75, 3.05) is 10.6 Å². The van der Waals surface area contributed by atoms with Crippen molar-refractivity contribution in [3.63, 3.8) is 0 Å². The van der Waals surface area contributed by atoms with Crippen LogP contribution in [0.5, 0.6) is 0 Å². The summed E-state index contributed by atoms with van der Waals surface area (Å²) in [5.74, 6) is -0.398. The van der Waals surface area contributed by atoms with Crippen molar-refractivity contribution in [2.45, 2.75) is 13.3 Å². The van der Waals surface area contributed by atoms with Crippen LogP contribution in [0.2, 0.25) is 5.02 Å². The molecule has 2 aromatic carbocycles. The van der Waals surface area contributed by atoms with Gasteiger partial charge in [0.2, 0.25) is 11.8 Å². The van der Waals surface area contributed by atoms with Crippen molar-refractivity contribution >= 4 is 58.2 Å².